The zero-order valence-corrected chi connectivity index (χ0v) is 15.8. The van der Waals surface area contributed by atoms with Gasteiger partial charge in [0.15, 0.2) is 16.6 Å². The van der Waals surface area contributed by atoms with Crippen molar-refractivity contribution in [2.45, 2.75) is 0 Å². The van der Waals surface area contributed by atoms with Crippen LogP contribution in [0.15, 0.2) is 41.5 Å². The molecule has 138 valence electrons. The average Bonchev–Trinajstić information content (AvgIpc) is 2.67. The molecular formula is C18H21N3O4S. The maximum atomic E-state index is 5.31. The second kappa shape index (κ2) is 9.47. The van der Waals surface area contributed by atoms with Gasteiger partial charge in [0, 0.05) is 11.3 Å². The number of hydrogen-bond donors (Lipinski definition) is 2. The predicted molar refractivity (Wildman–Crippen MR) is 106 cm³/mol. The summed E-state index contributed by atoms with van der Waals surface area (Å²) in [6.07, 6.45) is 1.60. The van der Waals surface area contributed by atoms with E-state index in [1.54, 1.807) is 46.8 Å². The minimum absolute atomic E-state index is 0.360. The van der Waals surface area contributed by atoms with Crippen LogP contribution in [0.5, 0.6) is 23.0 Å². The number of nitrogens with zero attached hydrogens (tertiary/aromatic N) is 1. The predicted octanol–water partition coefficient (Wildman–Crippen LogP) is 3.04. The Morgan fingerprint density at radius 2 is 1.54 bits per heavy atom. The Balaban J connectivity index is 2.01. The van der Waals surface area contributed by atoms with Crippen molar-refractivity contribution < 1.29 is 18.9 Å². The van der Waals surface area contributed by atoms with E-state index in [9.17, 15) is 0 Å². The van der Waals surface area contributed by atoms with Crippen LogP contribution in [0, 0.1) is 0 Å². The number of hydrazone groups is 1. The summed E-state index contributed by atoms with van der Waals surface area (Å²) in [6, 6.07) is 11.0. The van der Waals surface area contributed by atoms with Gasteiger partial charge in [0.2, 0.25) is 5.75 Å². The Kier molecular flexibility index (Phi) is 7.04. The molecule has 0 saturated carbocycles. The summed E-state index contributed by atoms with van der Waals surface area (Å²) < 4.78 is 21.0. The Hall–Kier alpha value is -3.00. The minimum atomic E-state index is 0.360. The van der Waals surface area contributed by atoms with Gasteiger partial charge >= 0.3 is 0 Å². The van der Waals surface area contributed by atoms with Crippen molar-refractivity contribution in [2.75, 3.05) is 33.8 Å². The van der Waals surface area contributed by atoms with Gasteiger partial charge in [-0.25, -0.2) is 0 Å². The molecule has 0 spiro atoms. The molecule has 0 aromatic heterocycles. The van der Waals surface area contributed by atoms with Gasteiger partial charge in [-0.2, -0.15) is 5.10 Å². The monoisotopic (exact) mass is 375 g/mol. The number of rotatable bonds is 7. The van der Waals surface area contributed by atoms with Crippen LogP contribution in [0.3, 0.4) is 0 Å². The normalized spacial score (nSPS) is 10.3. The molecule has 7 nitrogen and oxygen atoms in total. The van der Waals surface area contributed by atoms with Crippen molar-refractivity contribution in [1.29, 1.82) is 0 Å². The molecule has 0 aliphatic carbocycles. The molecular weight excluding hydrogens is 354 g/mol. The topological polar surface area (TPSA) is 73.3 Å². The van der Waals surface area contributed by atoms with Crippen LogP contribution in [0.4, 0.5) is 5.69 Å². The van der Waals surface area contributed by atoms with Crippen molar-refractivity contribution in [3.05, 3.63) is 42.0 Å². The molecule has 0 amide bonds. The number of thiocarbonyl (C=S) groups is 1. The third kappa shape index (κ3) is 5.00. The lowest BCUT2D eigenvalue weighted by Gasteiger charge is -2.12. The van der Waals surface area contributed by atoms with Gasteiger partial charge in [0.25, 0.3) is 0 Å². The largest absolute Gasteiger partial charge is 0.497 e. The third-order valence-electron chi connectivity index (χ3n) is 3.41. The zero-order chi connectivity index (χ0) is 18.9. The van der Waals surface area contributed by atoms with E-state index in [0.29, 0.717) is 22.4 Å². The lowest BCUT2D eigenvalue weighted by Crippen LogP contribution is -2.23. The standard InChI is InChI=1S/C18H21N3O4S/c1-22-14-7-5-13(6-8-14)20-18(26)21-19-11-12-9-15(23-2)17(25-4)16(10-12)24-3/h5-11H,1-4H3,(H2,20,21,26)/b19-11+. The lowest BCUT2D eigenvalue weighted by molar-refractivity contribution is 0.324. The highest BCUT2D eigenvalue weighted by molar-refractivity contribution is 7.80. The van der Waals surface area contributed by atoms with Crippen LogP contribution >= 0.6 is 12.2 Å². The Morgan fingerprint density at radius 3 is 2.04 bits per heavy atom. The highest BCUT2D eigenvalue weighted by Crippen LogP contribution is 2.37. The van der Waals surface area contributed by atoms with Crippen molar-refractivity contribution in [2.24, 2.45) is 5.10 Å². The first-order valence-electron chi connectivity index (χ1n) is 7.65. The molecule has 0 aliphatic heterocycles. The molecule has 0 saturated heterocycles. The fourth-order valence-electron chi connectivity index (χ4n) is 2.17. The quantitative estimate of drug-likeness (QED) is 0.438. The summed E-state index contributed by atoms with van der Waals surface area (Å²) in [5.41, 5.74) is 4.35. The van der Waals surface area contributed by atoms with Crippen LogP contribution in [-0.4, -0.2) is 39.8 Å². The molecule has 2 N–H and O–H groups in total. The molecule has 2 rings (SSSR count). The van der Waals surface area contributed by atoms with Crippen LogP contribution in [-0.2, 0) is 0 Å². The smallest absolute Gasteiger partial charge is 0.203 e. The molecule has 0 bridgehead atoms. The fraction of sp³-hybridized carbons (Fsp3) is 0.222. The lowest BCUT2D eigenvalue weighted by atomic mass is 10.2. The molecule has 26 heavy (non-hydrogen) atoms. The van der Waals surface area contributed by atoms with Crippen LogP contribution in [0.1, 0.15) is 5.56 Å². The van der Waals surface area contributed by atoms with E-state index in [4.69, 9.17) is 31.2 Å². The molecule has 8 heteroatoms. The van der Waals surface area contributed by atoms with E-state index in [0.717, 1.165) is 17.0 Å². The van der Waals surface area contributed by atoms with Crippen molar-refractivity contribution in [3.63, 3.8) is 0 Å². The number of benzene rings is 2. The zero-order valence-electron chi connectivity index (χ0n) is 15.0. The summed E-state index contributed by atoms with van der Waals surface area (Å²) in [7, 11) is 6.29. The van der Waals surface area contributed by atoms with E-state index in [1.807, 2.05) is 24.3 Å². The molecule has 0 unspecified atom stereocenters. The molecule has 0 aliphatic rings. The van der Waals surface area contributed by atoms with Crippen LogP contribution in [0.2, 0.25) is 0 Å². The minimum Gasteiger partial charge on any atom is -0.497 e. The van der Waals surface area contributed by atoms with E-state index in [1.165, 1.54) is 0 Å². The maximum Gasteiger partial charge on any atom is 0.203 e. The highest BCUT2D eigenvalue weighted by atomic mass is 32.1. The van der Waals surface area contributed by atoms with Crippen LogP contribution in [0.25, 0.3) is 0 Å². The van der Waals surface area contributed by atoms with E-state index < -0.39 is 0 Å². The van der Waals surface area contributed by atoms with E-state index in [2.05, 4.69) is 15.8 Å². The summed E-state index contributed by atoms with van der Waals surface area (Å²) in [6.45, 7) is 0. The van der Waals surface area contributed by atoms with Crippen molar-refractivity contribution in [1.82, 2.24) is 5.43 Å². The molecule has 0 heterocycles. The van der Waals surface area contributed by atoms with Gasteiger partial charge in [-0.15, -0.1) is 0 Å². The summed E-state index contributed by atoms with van der Waals surface area (Å²) in [4.78, 5) is 0. The number of methoxy groups -OCH3 is 4. The van der Waals surface area contributed by atoms with E-state index >= 15 is 0 Å². The first-order valence-corrected chi connectivity index (χ1v) is 8.06. The summed E-state index contributed by atoms with van der Waals surface area (Å²) in [5.74, 6) is 2.39. The molecule has 0 fully saturated rings. The number of ether oxygens (including phenoxy) is 4. The average molecular weight is 375 g/mol. The first-order chi connectivity index (χ1) is 12.6. The molecule has 2 aromatic rings. The summed E-state index contributed by atoms with van der Waals surface area (Å²) in [5, 5.41) is 7.51. The van der Waals surface area contributed by atoms with Gasteiger partial charge < -0.3 is 24.3 Å². The SMILES string of the molecule is COc1ccc(NC(=S)N/N=C/c2cc(OC)c(OC)c(OC)c2)cc1. The van der Waals surface area contributed by atoms with Crippen molar-refractivity contribution in [3.8, 4) is 23.0 Å². The molecule has 0 atom stereocenters. The van der Waals surface area contributed by atoms with Gasteiger partial charge in [0.1, 0.15) is 5.75 Å². The van der Waals surface area contributed by atoms with Gasteiger partial charge in [-0.1, -0.05) is 0 Å². The number of anilines is 1. The molecule has 2 aromatic carbocycles. The molecule has 0 radical (unpaired) electrons. The maximum absolute atomic E-state index is 5.31. The number of nitrogens with one attached hydrogen (secondary N) is 2. The Morgan fingerprint density at radius 1 is 0.923 bits per heavy atom. The second-order valence-corrected chi connectivity index (χ2v) is 5.42. The van der Waals surface area contributed by atoms with Crippen molar-refractivity contribution >= 4 is 29.2 Å². The highest BCUT2D eigenvalue weighted by Gasteiger charge is 2.12. The van der Waals surface area contributed by atoms with E-state index in [-0.39, 0.29) is 0 Å². The first kappa shape index (κ1) is 19.3. The number of hydrogen-bond acceptors (Lipinski definition) is 6. The summed E-state index contributed by atoms with van der Waals surface area (Å²) >= 11 is 5.21. The third-order valence-corrected chi connectivity index (χ3v) is 3.61. The second-order valence-electron chi connectivity index (χ2n) is 5.01. The van der Waals surface area contributed by atoms with Crippen LogP contribution < -0.4 is 29.7 Å². The Bertz CT molecular complexity index is 754. The Labute approximate surface area is 157 Å². The van der Waals surface area contributed by atoms with Gasteiger partial charge in [-0.3, -0.25) is 5.43 Å². The van der Waals surface area contributed by atoms with Gasteiger partial charge in [-0.05, 0) is 48.6 Å². The van der Waals surface area contributed by atoms with Gasteiger partial charge in [0.05, 0.1) is 34.7 Å². The fourth-order valence-corrected chi connectivity index (χ4v) is 2.35.